The summed E-state index contributed by atoms with van der Waals surface area (Å²) in [5.41, 5.74) is -0.0621. The van der Waals surface area contributed by atoms with Gasteiger partial charge in [-0.2, -0.15) is 13.2 Å². The maximum atomic E-state index is 13.6. The van der Waals surface area contributed by atoms with E-state index in [1.165, 1.54) is 56.9 Å². The van der Waals surface area contributed by atoms with Gasteiger partial charge in [0.1, 0.15) is 23.2 Å². The molecule has 43 heavy (non-hydrogen) atoms. The van der Waals surface area contributed by atoms with E-state index in [0.717, 1.165) is 10.6 Å². The summed E-state index contributed by atoms with van der Waals surface area (Å²) in [5.74, 6) is -1.12. The molecule has 0 radical (unpaired) electrons. The van der Waals surface area contributed by atoms with Crippen LogP contribution in [-0.4, -0.2) is 74.2 Å². The molecule has 0 bridgehead atoms. The topological polar surface area (TPSA) is 130 Å². The predicted molar refractivity (Wildman–Crippen MR) is 150 cm³/mol. The third kappa shape index (κ3) is 8.24. The molecule has 0 aliphatic carbocycles. The number of ether oxygens (including phenoxy) is 4. The monoisotopic (exact) mass is 624 g/mol. The molecule has 3 aromatic rings. The van der Waals surface area contributed by atoms with Crippen molar-refractivity contribution in [3.63, 3.8) is 0 Å². The fraction of sp³-hybridized carbons (Fsp3) is 0.357. The molecule has 230 valence electrons. The lowest BCUT2D eigenvalue weighted by Crippen LogP contribution is -2.38. The van der Waals surface area contributed by atoms with Crippen LogP contribution in [0.5, 0.6) is 11.5 Å². The largest absolute Gasteiger partial charge is 0.495 e. The van der Waals surface area contributed by atoms with E-state index < -0.39 is 42.3 Å². The van der Waals surface area contributed by atoms with Gasteiger partial charge >= 0.3 is 6.18 Å². The third-order valence-electron chi connectivity index (χ3n) is 6.39. The van der Waals surface area contributed by atoms with E-state index in [9.17, 15) is 27.6 Å². The molecule has 15 heteroatoms. The molecule has 2 N–H and O–H groups in total. The van der Waals surface area contributed by atoms with Crippen LogP contribution in [0.15, 0.2) is 53.6 Å². The van der Waals surface area contributed by atoms with E-state index in [4.69, 9.17) is 30.5 Å². The van der Waals surface area contributed by atoms with Crippen LogP contribution in [0.4, 0.5) is 18.9 Å². The Balaban J connectivity index is 1.71. The summed E-state index contributed by atoms with van der Waals surface area (Å²) < 4.78 is 61.5. The first kappa shape index (κ1) is 31.8. The van der Waals surface area contributed by atoms with Crippen LogP contribution >= 0.6 is 11.6 Å². The summed E-state index contributed by atoms with van der Waals surface area (Å²) in [6.45, 7) is -0.682. The summed E-state index contributed by atoms with van der Waals surface area (Å²) >= 11 is 6.13. The molecule has 0 spiro atoms. The third-order valence-corrected chi connectivity index (χ3v) is 6.62. The second-order valence-electron chi connectivity index (χ2n) is 9.37. The summed E-state index contributed by atoms with van der Waals surface area (Å²) in [6, 6.07) is 6.86. The zero-order valence-electron chi connectivity index (χ0n) is 23.1. The molecule has 4 rings (SSSR count). The molecule has 11 nitrogen and oxygen atoms in total. The van der Waals surface area contributed by atoms with E-state index in [-0.39, 0.29) is 52.1 Å². The van der Waals surface area contributed by atoms with Gasteiger partial charge in [-0.25, -0.2) is 4.98 Å². The first-order valence-electron chi connectivity index (χ1n) is 13.0. The number of carbonyl (C=O) groups excluding carboxylic acids is 2. The Hall–Kier alpha value is -4.14. The van der Waals surface area contributed by atoms with Gasteiger partial charge in [-0.3, -0.25) is 19.0 Å². The molecule has 0 saturated carbocycles. The number of benzene rings is 1. The molecule has 2 aromatic heterocycles. The van der Waals surface area contributed by atoms with E-state index >= 15 is 0 Å². The smallest absolute Gasteiger partial charge is 0.422 e. The van der Waals surface area contributed by atoms with Crippen molar-refractivity contribution < 1.29 is 41.7 Å². The fourth-order valence-corrected chi connectivity index (χ4v) is 4.54. The van der Waals surface area contributed by atoms with Gasteiger partial charge in [-0.1, -0.05) is 11.6 Å². The van der Waals surface area contributed by atoms with Gasteiger partial charge in [0.05, 0.1) is 51.1 Å². The van der Waals surface area contributed by atoms with Gasteiger partial charge in [-0.15, -0.1) is 0 Å². The molecule has 2 amide bonds. The molecule has 3 heterocycles. The standard InChI is InChI=1S/C28H28ClF3N4O7/c1-33-26(38)21-5-4-17(12-34-21)35-27(39)22(10-18-14-41-7-8-42-18)36-13-24(40-2)20(11-25(36)37)19-9-16(29)3-6-23(19)43-15-28(30,31)32/h3-6,9,11-13,18,22H,7-8,10,14-15H2,1-2H3,(H,33,38)(H,35,39). The summed E-state index contributed by atoms with van der Waals surface area (Å²) in [6.07, 6.45) is -2.50. The highest BCUT2D eigenvalue weighted by atomic mass is 35.5. The maximum Gasteiger partial charge on any atom is 0.422 e. The summed E-state index contributed by atoms with van der Waals surface area (Å²) in [7, 11) is 2.77. The summed E-state index contributed by atoms with van der Waals surface area (Å²) in [5, 5.41) is 5.33. The first-order valence-corrected chi connectivity index (χ1v) is 13.3. The minimum absolute atomic E-state index is 0.0368. The average molecular weight is 625 g/mol. The number of methoxy groups -OCH3 is 1. The Morgan fingerprint density at radius 1 is 1.16 bits per heavy atom. The molecule has 1 aliphatic heterocycles. The molecule has 2 atom stereocenters. The molecule has 1 aliphatic rings. The van der Waals surface area contributed by atoms with E-state index in [1.807, 2.05) is 0 Å². The minimum atomic E-state index is -4.60. The number of alkyl halides is 3. The molecule has 1 fully saturated rings. The highest BCUT2D eigenvalue weighted by Gasteiger charge is 2.31. The van der Waals surface area contributed by atoms with Crippen molar-refractivity contribution in [2.45, 2.75) is 24.7 Å². The number of pyridine rings is 2. The number of amides is 2. The van der Waals surface area contributed by atoms with Crippen LogP contribution in [0.2, 0.25) is 5.02 Å². The zero-order chi connectivity index (χ0) is 31.1. The lowest BCUT2D eigenvalue weighted by molar-refractivity contribution is -0.153. The Kier molecular flexibility index (Phi) is 10.3. The first-order chi connectivity index (χ1) is 20.5. The van der Waals surface area contributed by atoms with Crippen molar-refractivity contribution in [2.24, 2.45) is 0 Å². The number of carbonyl (C=O) groups is 2. The number of rotatable bonds is 10. The van der Waals surface area contributed by atoms with Crippen molar-refractivity contribution >= 4 is 29.1 Å². The highest BCUT2D eigenvalue weighted by Crippen LogP contribution is 2.38. The van der Waals surface area contributed by atoms with Crippen LogP contribution in [-0.2, 0) is 14.3 Å². The van der Waals surface area contributed by atoms with Crippen molar-refractivity contribution in [1.82, 2.24) is 14.9 Å². The average Bonchev–Trinajstić information content (AvgIpc) is 2.99. The molecule has 2 unspecified atom stereocenters. The minimum Gasteiger partial charge on any atom is -0.495 e. The number of nitrogens with one attached hydrogen (secondary N) is 2. The Bertz CT molecular complexity index is 1510. The zero-order valence-corrected chi connectivity index (χ0v) is 23.8. The van der Waals surface area contributed by atoms with Crippen molar-refractivity contribution in [3.8, 4) is 22.6 Å². The van der Waals surface area contributed by atoms with Gasteiger partial charge in [0.15, 0.2) is 6.61 Å². The van der Waals surface area contributed by atoms with Crippen molar-refractivity contribution in [2.75, 3.05) is 45.9 Å². The summed E-state index contributed by atoms with van der Waals surface area (Å²) in [4.78, 5) is 43.0. The van der Waals surface area contributed by atoms with Crippen LogP contribution in [0.25, 0.3) is 11.1 Å². The Morgan fingerprint density at radius 3 is 2.56 bits per heavy atom. The highest BCUT2D eigenvalue weighted by molar-refractivity contribution is 6.31. The van der Waals surface area contributed by atoms with Crippen LogP contribution in [0.3, 0.4) is 0 Å². The van der Waals surface area contributed by atoms with E-state index in [1.54, 1.807) is 0 Å². The number of hydrogen-bond acceptors (Lipinski definition) is 8. The van der Waals surface area contributed by atoms with Gasteiger partial charge in [0.25, 0.3) is 11.5 Å². The number of halogens is 4. The van der Waals surface area contributed by atoms with Gasteiger partial charge in [0.2, 0.25) is 5.91 Å². The maximum absolute atomic E-state index is 13.6. The Morgan fingerprint density at radius 2 is 1.93 bits per heavy atom. The second-order valence-corrected chi connectivity index (χ2v) is 9.80. The SMILES string of the molecule is CNC(=O)c1ccc(NC(=O)C(CC2COCCO2)n2cc(OC)c(-c3cc(Cl)ccc3OCC(F)(F)F)cc2=O)cn1. The molecular formula is C28H28ClF3N4O7. The lowest BCUT2D eigenvalue weighted by Gasteiger charge is -2.28. The van der Waals surface area contributed by atoms with E-state index in [2.05, 4.69) is 15.6 Å². The van der Waals surface area contributed by atoms with Crippen LogP contribution in [0, 0.1) is 0 Å². The fourth-order valence-electron chi connectivity index (χ4n) is 4.37. The quantitative estimate of drug-likeness (QED) is 0.348. The number of aromatic nitrogens is 2. The van der Waals surface area contributed by atoms with Crippen molar-refractivity contribution in [3.05, 3.63) is 69.9 Å². The second kappa shape index (κ2) is 13.9. The molecule has 1 saturated heterocycles. The lowest BCUT2D eigenvalue weighted by atomic mass is 10.0. The number of hydrogen-bond donors (Lipinski definition) is 2. The van der Waals surface area contributed by atoms with Crippen LogP contribution in [0.1, 0.15) is 23.0 Å². The van der Waals surface area contributed by atoms with E-state index in [0.29, 0.717) is 13.2 Å². The molecule has 1 aromatic carbocycles. The molecular weight excluding hydrogens is 597 g/mol. The van der Waals surface area contributed by atoms with Crippen molar-refractivity contribution in [1.29, 1.82) is 0 Å². The Labute approximate surface area is 248 Å². The van der Waals surface area contributed by atoms with Gasteiger partial charge in [-0.05, 0) is 30.3 Å². The number of anilines is 1. The predicted octanol–water partition coefficient (Wildman–Crippen LogP) is 3.86. The number of nitrogens with zero attached hydrogens (tertiary/aromatic N) is 2. The van der Waals surface area contributed by atoms with Crippen LogP contribution < -0.4 is 25.7 Å². The van der Waals surface area contributed by atoms with Gasteiger partial charge in [0, 0.05) is 35.7 Å². The van der Waals surface area contributed by atoms with Gasteiger partial charge < -0.3 is 29.6 Å². The normalized spacial score (nSPS) is 15.8.